The maximum atomic E-state index is 13.1. The molecule has 1 saturated heterocycles. The fourth-order valence-electron chi connectivity index (χ4n) is 12.8. The fraction of sp³-hybridized carbons (Fsp3) is 0.125. The summed E-state index contributed by atoms with van der Waals surface area (Å²) in [4.78, 5) is 80.6. The lowest BCUT2D eigenvalue weighted by atomic mass is 10.1. The molecule has 1 fully saturated rings. The van der Waals surface area contributed by atoms with Gasteiger partial charge in [-0.2, -0.15) is 17.5 Å². The van der Waals surface area contributed by atoms with Crippen LogP contribution in [-0.2, 0) is 22.6 Å². The van der Waals surface area contributed by atoms with E-state index in [0.717, 1.165) is 116 Å². The van der Waals surface area contributed by atoms with Crippen LogP contribution in [0.4, 0.5) is 33.7 Å². The van der Waals surface area contributed by atoms with Gasteiger partial charge >= 0.3 is 6.18 Å². The Hall–Kier alpha value is -12.4. The summed E-state index contributed by atoms with van der Waals surface area (Å²) in [5, 5.41) is 21.1. The number of alkyl halides is 3. The Bertz CT molecular complexity index is 6650. The normalized spacial score (nSPS) is 12.5. The molecule has 4 N–H and O–H groups in total. The molecular weight excluding hydrogens is 1540 g/mol. The number of aromatic nitrogens is 4. The number of halogens is 3. The molecule has 0 spiro atoms. The first-order valence-corrected chi connectivity index (χ1v) is 40.8. The Morgan fingerprint density at radius 2 is 0.842 bits per heavy atom. The van der Waals surface area contributed by atoms with Gasteiger partial charge in [-0.25, -0.2) is 28.4 Å². The van der Waals surface area contributed by atoms with Crippen molar-refractivity contribution in [3.8, 4) is 5.75 Å². The summed E-state index contributed by atoms with van der Waals surface area (Å²) in [6.07, 6.45) is 0.135. The number of Topliss-reactive ketones (excluding diaryl/α,β-unsaturated/α-hetero) is 1. The lowest BCUT2D eigenvalue weighted by Gasteiger charge is -2.25. The molecule has 114 heavy (non-hydrogen) atoms. The maximum absolute atomic E-state index is 13.1. The highest BCUT2D eigenvalue weighted by molar-refractivity contribution is 7.89. The Kier molecular flexibility index (Phi) is 22.3. The van der Waals surface area contributed by atoms with Crippen molar-refractivity contribution in [2.45, 2.75) is 63.1 Å². The van der Waals surface area contributed by atoms with Crippen LogP contribution in [0.3, 0.4) is 0 Å². The minimum Gasteiger partial charge on any atom is -0.488 e. The number of furan rings is 1. The van der Waals surface area contributed by atoms with Crippen LogP contribution in [0.25, 0.3) is 84.0 Å². The molecular formula is C88H68F3N9O9S5. The Morgan fingerprint density at radius 1 is 0.430 bits per heavy atom. The van der Waals surface area contributed by atoms with E-state index in [2.05, 4.69) is 41.2 Å². The fourth-order valence-corrected chi connectivity index (χ4v) is 18.1. The number of sulfonamides is 1. The van der Waals surface area contributed by atoms with E-state index >= 15 is 0 Å². The van der Waals surface area contributed by atoms with Crippen molar-refractivity contribution in [1.82, 2.24) is 24.2 Å². The minimum atomic E-state index is -4.47. The van der Waals surface area contributed by atoms with Gasteiger partial charge in [0.05, 0.1) is 57.6 Å². The molecule has 0 radical (unpaired) electrons. The molecule has 17 aromatic rings. The van der Waals surface area contributed by atoms with Crippen molar-refractivity contribution >= 4 is 189 Å². The van der Waals surface area contributed by atoms with E-state index in [0.29, 0.717) is 62.0 Å². The third-order valence-corrected chi connectivity index (χ3v) is 24.1. The molecule has 0 unspecified atom stereocenters. The SMILES string of the molecule is CC(C)(C)Oc1ccc2nc(NC(=O)c3ccc4ccccc4c3)sc2c1.O=C(Nc1nc2ccc(CC(=O)c3ccco3)cc2s1)c1ccc2ccccc2c1.O=C(Nc1nc2ccc(S(=O)(=O)N3CCCCC3)cc2s1)c1ccc2ccccc2c1.O=C(Nc1nc2cccc(C(F)(F)F)c2s1)c1ccc2ccccc2c1. The first-order valence-electron chi connectivity index (χ1n) is 36.1. The van der Waals surface area contributed by atoms with E-state index in [1.165, 1.54) is 52.4 Å². The second-order valence-electron chi connectivity index (χ2n) is 27.6. The smallest absolute Gasteiger partial charge is 0.417 e. The van der Waals surface area contributed by atoms with Crippen molar-refractivity contribution in [2.75, 3.05) is 34.4 Å². The molecule has 1 aliphatic heterocycles. The predicted molar refractivity (Wildman–Crippen MR) is 451 cm³/mol. The minimum absolute atomic E-state index is 0.00816. The van der Waals surface area contributed by atoms with Gasteiger partial charge in [-0.05, 0) is 204 Å². The average Bonchev–Trinajstić information content (AvgIpc) is 1.59. The number of thiazole rings is 4. The van der Waals surface area contributed by atoms with Crippen molar-refractivity contribution in [1.29, 1.82) is 0 Å². The van der Waals surface area contributed by atoms with E-state index in [-0.39, 0.29) is 55.8 Å². The van der Waals surface area contributed by atoms with Gasteiger partial charge in [-0.1, -0.05) is 185 Å². The van der Waals surface area contributed by atoms with E-state index in [9.17, 15) is 45.6 Å². The number of anilines is 4. The van der Waals surface area contributed by atoms with Gasteiger partial charge in [0.1, 0.15) is 11.4 Å². The number of rotatable bonds is 14. The molecule has 6 heterocycles. The van der Waals surface area contributed by atoms with Crippen LogP contribution in [-0.4, -0.2) is 80.8 Å². The molecule has 26 heteroatoms. The summed E-state index contributed by atoms with van der Waals surface area (Å²) in [5.74, 6) is 0.0517. The van der Waals surface area contributed by atoms with Crippen molar-refractivity contribution in [2.24, 2.45) is 0 Å². The number of hydrogen-bond acceptors (Lipinski definition) is 17. The van der Waals surface area contributed by atoms with Crippen LogP contribution in [0.1, 0.15) is 103 Å². The molecule has 570 valence electrons. The highest BCUT2D eigenvalue weighted by Gasteiger charge is 2.34. The quantitative estimate of drug-likeness (QED) is 0.0741. The average molecular weight is 1610 g/mol. The van der Waals surface area contributed by atoms with Crippen molar-refractivity contribution in [3.63, 3.8) is 0 Å². The summed E-state index contributed by atoms with van der Waals surface area (Å²) < 4.78 is 80.4. The lowest BCUT2D eigenvalue weighted by molar-refractivity contribution is -0.136. The monoisotopic (exact) mass is 1610 g/mol. The Morgan fingerprint density at radius 3 is 1.28 bits per heavy atom. The highest BCUT2D eigenvalue weighted by atomic mass is 32.2. The van der Waals surface area contributed by atoms with Gasteiger partial charge in [0.25, 0.3) is 23.6 Å². The number of nitrogens with one attached hydrogen (secondary N) is 4. The number of carbonyl (C=O) groups excluding carboxylic acids is 5. The van der Waals surface area contributed by atoms with E-state index in [4.69, 9.17) is 9.15 Å². The van der Waals surface area contributed by atoms with Gasteiger partial charge in [0.15, 0.2) is 26.3 Å². The number of nitrogens with zero attached hydrogens (tertiary/aromatic N) is 5. The standard InChI is InChI=1S/C24H16N2O3S.C23H21N3O3S2.C22H20N2O2S.C19H11F3N2OS/c27-20(21-6-3-11-29-21)12-15-7-10-19-22(13-15)30-24(25-19)26-23(28)18-9-8-16-4-1-2-5-17(16)14-18;27-22(18-9-8-16-6-2-3-7-17(16)14-18)25-23-24-20-11-10-19(15-21(20)30-23)31(28,29)26-12-4-1-5-13-26;1-22(2,3)26-17-10-11-18-19(13-17)27-21(23-18)24-20(25)16-9-8-14-6-4-5-7-15(14)12-16;20-19(21,22)14-6-3-7-15-16(14)26-18(23-15)24-17(25)13-9-8-11-4-1-2-5-12(11)10-13/h1-11,13-14H,12H2,(H,25,26,28);2-3,6-11,14-15H,1,4-5,12-13H2,(H,24,25,27);4-13H,1-3H3,(H,23,24,25);1-10H,(H,23,24,25). The highest BCUT2D eigenvalue weighted by Crippen LogP contribution is 2.40. The second-order valence-corrected chi connectivity index (χ2v) is 33.6. The van der Waals surface area contributed by atoms with Gasteiger partial charge in [-0.3, -0.25) is 45.2 Å². The molecule has 12 aromatic carbocycles. The predicted octanol–water partition coefficient (Wildman–Crippen LogP) is 22.2. The molecule has 4 amide bonds. The molecule has 18 rings (SSSR count). The van der Waals surface area contributed by atoms with E-state index in [1.807, 2.05) is 209 Å². The summed E-state index contributed by atoms with van der Waals surface area (Å²) in [5.41, 5.74) is 4.52. The summed E-state index contributed by atoms with van der Waals surface area (Å²) in [7, 11) is -3.51. The number of ether oxygens (including phenoxy) is 1. The molecule has 5 aromatic heterocycles. The largest absolute Gasteiger partial charge is 0.488 e. The zero-order chi connectivity index (χ0) is 79.3. The molecule has 18 nitrogen and oxygen atoms in total. The third kappa shape index (κ3) is 18.2. The zero-order valence-electron chi connectivity index (χ0n) is 61.2. The first kappa shape index (κ1) is 76.9. The van der Waals surface area contributed by atoms with E-state index in [1.54, 1.807) is 52.8 Å². The van der Waals surface area contributed by atoms with Crippen LogP contribution in [0.5, 0.6) is 5.75 Å². The molecule has 0 aliphatic carbocycles. The first-order chi connectivity index (χ1) is 54.9. The van der Waals surface area contributed by atoms with Gasteiger partial charge < -0.3 is 9.15 Å². The molecule has 1 aliphatic rings. The zero-order valence-corrected chi connectivity index (χ0v) is 65.2. The molecule has 0 atom stereocenters. The summed E-state index contributed by atoms with van der Waals surface area (Å²) >= 11 is 4.91. The van der Waals surface area contributed by atoms with E-state index < -0.39 is 27.7 Å². The summed E-state index contributed by atoms with van der Waals surface area (Å²) in [6, 6.07) is 77.0. The number of amides is 4. The van der Waals surface area contributed by atoms with Gasteiger partial charge in [-0.15, -0.1) is 0 Å². The molecule has 0 bridgehead atoms. The number of benzene rings is 12. The van der Waals surface area contributed by atoms with Crippen molar-refractivity contribution in [3.05, 3.63) is 300 Å². The van der Waals surface area contributed by atoms with Crippen LogP contribution in [0, 0.1) is 0 Å². The third-order valence-electron chi connectivity index (χ3n) is 18.4. The maximum Gasteiger partial charge on any atom is 0.417 e. The summed E-state index contributed by atoms with van der Waals surface area (Å²) in [6.45, 7) is 7.17. The van der Waals surface area contributed by atoms with Crippen LogP contribution in [0.15, 0.2) is 270 Å². The van der Waals surface area contributed by atoms with Gasteiger partial charge in [0, 0.05) is 41.8 Å². The number of fused-ring (bicyclic) bond motifs is 8. The van der Waals surface area contributed by atoms with Crippen LogP contribution in [0.2, 0.25) is 0 Å². The number of hydrogen-bond donors (Lipinski definition) is 4. The lowest BCUT2D eigenvalue weighted by Crippen LogP contribution is -2.35. The number of carbonyl (C=O) groups is 5. The number of piperidine rings is 1. The van der Waals surface area contributed by atoms with Crippen molar-refractivity contribution < 1.29 is 54.7 Å². The van der Waals surface area contributed by atoms with Gasteiger partial charge in [0.2, 0.25) is 15.8 Å². The van der Waals surface area contributed by atoms with Crippen LogP contribution < -0.4 is 26.0 Å². The second kappa shape index (κ2) is 33.1. The Labute approximate surface area is 667 Å². The topological polar surface area (TPSA) is 245 Å². The Balaban J connectivity index is 0.000000120. The van der Waals surface area contributed by atoms with Crippen LogP contribution >= 0.6 is 45.3 Å². The molecule has 0 saturated carbocycles. The number of ketones is 1.